The highest BCUT2D eigenvalue weighted by atomic mass is 16.6. The SMILES string of the molecule is CC1C=CC(Oc2ccccc2OCc2ccccc2)=C([N+](=O)[O-])C1. The first kappa shape index (κ1) is 16.8. The predicted octanol–water partition coefficient (Wildman–Crippen LogP) is 4.73. The van der Waals surface area contributed by atoms with E-state index in [4.69, 9.17) is 9.47 Å². The molecular formula is C20H19NO4. The van der Waals surface area contributed by atoms with Gasteiger partial charge in [0.15, 0.2) is 17.3 Å². The van der Waals surface area contributed by atoms with Crippen molar-refractivity contribution in [2.75, 3.05) is 0 Å². The summed E-state index contributed by atoms with van der Waals surface area (Å²) in [7, 11) is 0. The Morgan fingerprint density at radius 1 is 1.08 bits per heavy atom. The zero-order valence-electron chi connectivity index (χ0n) is 13.9. The monoisotopic (exact) mass is 337 g/mol. The molecule has 128 valence electrons. The average molecular weight is 337 g/mol. The van der Waals surface area contributed by atoms with Gasteiger partial charge in [0, 0.05) is 6.42 Å². The molecule has 5 nitrogen and oxygen atoms in total. The van der Waals surface area contributed by atoms with Crippen LogP contribution in [0.4, 0.5) is 0 Å². The van der Waals surface area contributed by atoms with Crippen LogP contribution in [0.15, 0.2) is 78.2 Å². The third-order valence-electron chi connectivity index (χ3n) is 3.90. The Morgan fingerprint density at radius 2 is 1.76 bits per heavy atom. The van der Waals surface area contributed by atoms with E-state index in [1.807, 2.05) is 55.5 Å². The van der Waals surface area contributed by atoms with Gasteiger partial charge in [0.1, 0.15) is 6.61 Å². The van der Waals surface area contributed by atoms with Crippen molar-refractivity contribution in [1.82, 2.24) is 0 Å². The molecule has 0 radical (unpaired) electrons. The van der Waals surface area contributed by atoms with Crippen LogP contribution in [0.5, 0.6) is 11.5 Å². The summed E-state index contributed by atoms with van der Waals surface area (Å²) in [6.07, 6.45) is 3.93. The van der Waals surface area contributed by atoms with Crippen molar-refractivity contribution < 1.29 is 14.4 Å². The number of allylic oxidation sites excluding steroid dienone is 3. The predicted molar refractivity (Wildman–Crippen MR) is 94.8 cm³/mol. The fourth-order valence-electron chi connectivity index (χ4n) is 2.59. The third kappa shape index (κ3) is 4.26. The molecule has 0 bridgehead atoms. The van der Waals surface area contributed by atoms with Crippen molar-refractivity contribution >= 4 is 0 Å². The van der Waals surface area contributed by atoms with Crippen LogP contribution < -0.4 is 9.47 Å². The van der Waals surface area contributed by atoms with Crippen LogP contribution in [0.2, 0.25) is 0 Å². The van der Waals surface area contributed by atoms with Crippen molar-refractivity contribution in [3.05, 3.63) is 93.9 Å². The van der Waals surface area contributed by atoms with E-state index >= 15 is 0 Å². The van der Waals surface area contributed by atoms with Gasteiger partial charge in [0.05, 0.1) is 4.92 Å². The molecule has 0 aliphatic heterocycles. The second kappa shape index (κ2) is 7.66. The fourth-order valence-corrected chi connectivity index (χ4v) is 2.59. The molecule has 0 N–H and O–H groups in total. The van der Waals surface area contributed by atoms with Gasteiger partial charge in [-0.3, -0.25) is 10.1 Å². The topological polar surface area (TPSA) is 61.6 Å². The Kier molecular flexibility index (Phi) is 5.14. The number of nitro groups is 1. The highest BCUT2D eigenvalue weighted by Crippen LogP contribution is 2.32. The molecule has 0 aromatic heterocycles. The largest absolute Gasteiger partial charge is 0.485 e. The molecule has 1 aliphatic carbocycles. The molecule has 25 heavy (non-hydrogen) atoms. The minimum atomic E-state index is -0.372. The quantitative estimate of drug-likeness (QED) is 0.565. The van der Waals surface area contributed by atoms with Gasteiger partial charge in [-0.05, 0) is 29.7 Å². The molecule has 1 unspecified atom stereocenters. The van der Waals surface area contributed by atoms with Gasteiger partial charge in [-0.1, -0.05) is 55.5 Å². The molecule has 1 atom stereocenters. The second-order valence-corrected chi connectivity index (χ2v) is 5.93. The summed E-state index contributed by atoms with van der Waals surface area (Å²) in [4.78, 5) is 10.9. The third-order valence-corrected chi connectivity index (χ3v) is 3.90. The molecule has 0 saturated heterocycles. The van der Waals surface area contributed by atoms with Gasteiger partial charge in [-0.15, -0.1) is 0 Å². The van der Waals surface area contributed by atoms with Crippen molar-refractivity contribution in [1.29, 1.82) is 0 Å². The van der Waals surface area contributed by atoms with E-state index in [2.05, 4.69) is 0 Å². The summed E-state index contributed by atoms with van der Waals surface area (Å²) in [5.41, 5.74) is 1.13. The molecule has 3 rings (SSSR count). The van der Waals surface area contributed by atoms with Crippen molar-refractivity contribution in [2.45, 2.75) is 20.0 Å². The van der Waals surface area contributed by atoms with Crippen molar-refractivity contribution in [3.63, 3.8) is 0 Å². The van der Waals surface area contributed by atoms with E-state index < -0.39 is 0 Å². The normalized spacial score (nSPS) is 16.6. The first-order valence-electron chi connectivity index (χ1n) is 8.13. The Hall–Kier alpha value is -3.08. The highest BCUT2D eigenvalue weighted by molar-refractivity contribution is 5.42. The molecule has 0 saturated carbocycles. The van der Waals surface area contributed by atoms with E-state index in [9.17, 15) is 10.1 Å². The molecular weight excluding hydrogens is 318 g/mol. The minimum absolute atomic E-state index is 0.0906. The number of hydrogen-bond acceptors (Lipinski definition) is 4. The molecule has 0 amide bonds. The van der Waals surface area contributed by atoms with Gasteiger partial charge in [-0.2, -0.15) is 0 Å². The van der Waals surface area contributed by atoms with Gasteiger partial charge >= 0.3 is 0 Å². The second-order valence-electron chi connectivity index (χ2n) is 5.93. The maximum atomic E-state index is 11.3. The van der Waals surface area contributed by atoms with E-state index in [-0.39, 0.29) is 22.3 Å². The zero-order chi connectivity index (χ0) is 17.6. The Bertz CT molecular complexity index is 811. The van der Waals surface area contributed by atoms with Gasteiger partial charge < -0.3 is 9.47 Å². The van der Waals surface area contributed by atoms with Gasteiger partial charge in [0.25, 0.3) is 5.70 Å². The summed E-state index contributed by atoms with van der Waals surface area (Å²) in [6, 6.07) is 17.0. The van der Waals surface area contributed by atoms with Crippen LogP contribution in [0, 0.1) is 16.0 Å². The summed E-state index contributed by atoms with van der Waals surface area (Å²) < 4.78 is 11.7. The molecule has 5 heteroatoms. The van der Waals surface area contributed by atoms with E-state index in [0.717, 1.165) is 5.56 Å². The van der Waals surface area contributed by atoms with Crippen LogP contribution in [0.3, 0.4) is 0 Å². The maximum Gasteiger partial charge on any atom is 0.288 e. The lowest BCUT2D eigenvalue weighted by Crippen LogP contribution is -2.13. The number of hydrogen-bond donors (Lipinski definition) is 0. The number of para-hydroxylation sites is 2. The molecule has 2 aromatic rings. The highest BCUT2D eigenvalue weighted by Gasteiger charge is 2.25. The van der Waals surface area contributed by atoms with E-state index in [0.29, 0.717) is 24.5 Å². The smallest absolute Gasteiger partial charge is 0.288 e. The van der Waals surface area contributed by atoms with Crippen LogP contribution >= 0.6 is 0 Å². The molecule has 0 heterocycles. The number of ether oxygens (including phenoxy) is 2. The summed E-state index contributed by atoms with van der Waals surface area (Å²) in [5, 5.41) is 11.3. The van der Waals surface area contributed by atoms with Gasteiger partial charge in [-0.25, -0.2) is 0 Å². The summed E-state index contributed by atoms with van der Waals surface area (Å²) in [5.74, 6) is 1.40. The standard InChI is InChI=1S/C20H19NO4/c1-15-11-12-18(17(13-15)21(22)23)25-20-10-6-5-9-19(20)24-14-16-7-3-2-4-8-16/h2-12,15H,13-14H2,1H3. The number of benzene rings is 2. The number of nitrogens with zero attached hydrogens (tertiary/aromatic N) is 1. The van der Waals surface area contributed by atoms with Crippen LogP contribution in [0.1, 0.15) is 18.9 Å². The lowest BCUT2D eigenvalue weighted by Gasteiger charge is -2.16. The molecule has 0 fully saturated rings. The fraction of sp³-hybridized carbons (Fsp3) is 0.200. The van der Waals surface area contributed by atoms with Crippen LogP contribution in [-0.4, -0.2) is 4.92 Å². The molecule has 2 aromatic carbocycles. The number of rotatable bonds is 6. The maximum absolute atomic E-state index is 11.3. The Labute approximate surface area is 146 Å². The first-order chi connectivity index (χ1) is 12.1. The van der Waals surface area contributed by atoms with Crippen molar-refractivity contribution in [2.24, 2.45) is 5.92 Å². The summed E-state index contributed by atoms with van der Waals surface area (Å²) in [6.45, 7) is 2.34. The average Bonchev–Trinajstić information content (AvgIpc) is 2.63. The van der Waals surface area contributed by atoms with Crippen LogP contribution in [0.25, 0.3) is 0 Å². The lowest BCUT2D eigenvalue weighted by atomic mass is 9.99. The summed E-state index contributed by atoms with van der Waals surface area (Å²) >= 11 is 0. The first-order valence-corrected chi connectivity index (χ1v) is 8.13. The lowest BCUT2D eigenvalue weighted by molar-refractivity contribution is -0.431. The Balaban J connectivity index is 1.80. The van der Waals surface area contributed by atoms with E-state index in [1.54, 1.807) is 18.2 Å². The molecule has 1 aliphatic rings. The van der Waals surface area contributed by atoms with Crippen molar-refractivity contribution in [3.8, 4) is 11.5 Å². The minimum Gasteiger partial charge on any atom is -0.485 e. The zero-order valence-corrected chi connectivity index (χ0v) is 13.9. The van der Waals surface area contributed by atoms with E-state index in [1.165, 1.54) is 0 Å². The van der Waals surface area contributed by atoms with Gasteiger partial charge in [0.2, 0.25) is 0 Å². The Morgan fingerprint density at radius 3 is 2.48 bits per heavy atom. The molecule has 0 spiro atoms. The van der Waals surface area contributed by atoms with Crippen LogP contribution in [-0.2, 0) is 6.61 Å².